The minimum absolute atomic E-state index is 0.0300. The maximum absolute atomic E-state index is 11.9. The third kappa shape index (κ3) is 5.44. The molecule has 2 rings (SSSR count). The van der Waals surface area contributed by atoms with Gasteiger partial charge >= 0.3 is 5.97 Å². The molecule has 1 aromatic carbocycles. The second-order valence-electron chi connectivity index (χ2n) is 5.81. The van der Waals surface area contributed by atoms with Crippen molar-refractivity contribution in [3.8, 4) is 0 Å². The Balaban J connectivity index is 1.73. The quantitative estimate of drug-likeness (QED) is 0.559. The molecular formula is C17H18Cl2N2O5. The Morgan fingerprint density at radius 1 is 1.19 bits per heavy atom. The van der Waals surface area contributed by atoms with E-state index < -0.39 is 18.5 Å². The molecule has 1 aliphatic rings. The monoisotopic (exact) mass is 400 g/mol. The first-order valence-corrected chi connectivity index (χ1v) is 8.76. The van der Waals surface area contributed by atoms with Gasteiger partial charge in [0.05, 0.1) is 22.5 Å². The van der Waals surface area contributed by atoms with Gasteiger partial charge in [0.1, 0.15) is 0 Å². The highest BCUT2D eigenvalue weighted by atomic mass is 35.5. The van der Waals surface area contributed by atoms with Gasteiger partial charge in [-0.2, -0.15) is 0 Å². The number of amides is 3. The molecule has 9 heteroatoms. The molecule has 0 bridgehead atoms. The summed E-state index contributed by atoms with van der Waals surface area (Å²) in [6.45, 7) is 1.27. The van der Waals surface area contributed by atoms with Crippen LogP contribution in [0.5, 0.6) is 0 Å². The van der Waals surface area contributed by atoms with Gasteiger partial charge in [-0.25, -0.2) is 0 Å². The number of halogens is 2. The van der Waals surface area contributed by atoms with E-state index >= 15 is 0 Å². The molecule has 1 heterocycles. The largest absolute Gasteiger partial charge is 0.456 e. The molecule has 26 heavy (non-hydrogen) atoms. The van der Waals surface area contributed by atoms with Crippen LogP contribution in [-0.2, 0) is 23.9 Å². The van der Waals surface area contributed by atoms with Crippen LogP contribution in [0.2, 0.25) is 10.0 Å². The molecule has 1 unspecified atom stereocenters. The Morgan fingerprint density at radius 2 is 1.85 bits per heavy atom. The van der Waals surface area contributed by atoms with E-state index in [2.05, 4.69) is 5.32 Å². The highest BCUT2D eigenvalue weighted by Gasteiger charge is 2.29. The number of ether oxygens (including phenoxy) is 1. The number of nitrogens with zero attached hydrogens (tertiary/aromatic N) is 1. The summed E-state index contributed by atoms with van der Waals surface area (Å²) in [5.74, 6) is -1.73. The first-order chi connectivity index (χ1) is 12.3. The number of likely N-dealkylation sites (tertiary alicyclic amines) is 1. The number of benzene rings is 1. The zero-order valence-electron chi connectivity index (χ0n) is 14.1. The second-order valence-corrected chi connectivity index (χ2v) is 6.63. The van der Waals surface area contributed by atoms with Gasteiger partial charge in [-0.3, -0.25) is 24.1 Å². The van der Waals surface area contributed by atoms with Crippen molar-refractivity contribution < 1.29 is 23.9 Å². The minimum atomic E-state index is -0.658. The average Bonchev–Trinajstić information content (AvgIpc) is 2.91. The van der Waals surface area contributed by atoms with E-state index in [1.54, 1.807) is 25.1 Å². The summed E-state index contributed by atoms with van der Waals surface area (Å²) in [6.07, 6.45) is 0.193. The van der Waals surface area contributed by atoms with Crippen LogP contribution in [0.25, 0.3) is 0 Å². The molecule has 1 fully saturated rings. The Kier molecular flexibility index (Phi) is 6.99. The van der Waals surface area contributed by atoms with E-state index in [0.717, 1.165) is 10.5 Å². The van der Waals surface area contributed by atoms with E-state index in [1.807, 2.05) is 0 Å². The molecule has 1 atom stereocenters. The van der Waals surface area contributed by atoms with Crippen LogP contribution in [0.1, 0.15) is 37.8 Å². The van der Waals surface area contributed by atoms with E-state index in [4.69, 9.17) is 27.9 Å². The fraction of sp³-hybridized carbons (Fsp3) is 0.412. The number of rotatable bonds is 7. The van der Waals surface area contributed by atoms with Crippen LogP contribution in [-0.4, -0.2) is 41.7 Å². The van der Waals surface area contributed by atoms with Crippen LogP contribution >= 0.6 is 23.2 Å². The molecular weight excluding hydrogens is 383 g/mol. The Hall–Kier alpha value is -2.12. The van der Waals surface area contributed by atoms with Gasteiger partial charge < -0.3 is 10.1 Å². The Labute approximate surface area is 160 Å². The summed E-state index contributed by atoms with van der Waals surface area (Å²) >= 11 is 11.8. The van der Waals surface area contributed by atoms with Crippen molar-refractivity contribution in [3.05, 3.63) is 33.8 Å². The minimum Gasteiger partial charge on any atom is -0.456 e. The van der Waals surface area contributed by atoms with Crippen molar-refractivity contribution in [1.82, 2.24) is 10.2 Å². The number of nitrogens with one attached hydrogen (secondary N) is 1. The summed E-state index contributed by atoms with van der Waals surface area (Å²) in [4.78, 5) is 47.5. The maximum atomic E-state index is 11.9. The van der Waals surface area contributed by atoms with Crippen molar-refractivity contribution >= 4 is 46.9 Å². The van der Waals surface area contributed by atoms with Crippen LogP contribution in [0.15, 0.2) is 18.2 Å². The van der Waals surface area contributed by atoms with Gasteiger partial charge in [-0.1, -0.05) is 29.3 Å². The highest BCUT2D eigenvalue weighted by molar-refractivity contribution is 6.42. The van der Waals surface area contributed by atoms with Crippen LogP contribution in [0.3, 0.4) is 0 Å². The van der Waals surface area contributed by atoms with Crippen molar-refractivity contribution in [2.75, 3.05) is 13.2 Å². The Morgan fingerprint density at radius 3 is 2.46 bits per heavy atom. The zero-order chi connectivity index (χ0) is 19.3. The molecule has 0 saturated carbocycles. The van der Waals surface area contributed by atoms with Crippen molar-refractivity contribution in [3.63, 3.8) is 0 Å². The molecule has 0 aromatic heterocycles. The summed E-state index contributed by atoms with van der Waals surface area (Å²) < 4.78 is 4.87. The zero-order valence-corrected chi connectivity index (χ0v) is 15.6. The topological polar surface area (TPSA) is 92.8 Å². The van der Waals surface area contributed by atoms with Crippen LogP contribution < -0.4 is 5.32 Å². The lowest BCUT2D eigenvalue weighted by Crippen LogP contribution is -2.33. The lowest BCUT2D eigenvalue weighted by molar-refractivity contribution is -0.149. The molecule has 7 nitrogen and oxygen atoms in total. The molecule has 1 saturated heterocycles. The fourth-order valence-corrected chi connectivity index (χ4v) is 2.75. The molecule has 0 aliphatic carbocycles. The first kappa shape index (κ1) is 20.2. The van der Waals surface area contributed by atoms with Crippen molar-refractivity contribution in [2.45, 2.75) is 32.2 Å². The van der Waals surface area contributed by atoms with Crippen LogP contribution in [0, 0.1) is 0 Å². The van der Waals surface area contributed by atoms with Gasteiger partial charge in [-0.15, -0.1) is 0 Å². The van der Waals surface area contributed by atoms with Gasteiger partial charge in [0.2, 0.25) is 11.8 Å². The summed E-state index contributed by atoms with van der Waals surface area (Å²) in [5.41, 5.74) is 0.755. The van der Waals surface area contributed by atoms with E-state index in [9.17, 15) is 19.2 Å². The molecule has 3 amide bonds. The molecule has 1 aliphatic heterocycles. The van der Waals surface area contributed by atoms with Gasteiger partial charge in [0, 0.05) is 19.4 Å². The normalized spacial score (nSPS) is 15.1. The summed E-state index contributed by atoms with van der Waals surface area (Å²) in [6, 6.07) is 4.65. The molecule has 0 spiro atoms. The predicted molar refractivity (Wildman–Crippen MR) is 94.5 cm³/mol. The number of hydrogen-bond donors (Lipinski definition) is 1. The number of imide groups is 1. The number of carbonyl (C=O) groups excluding carboxylic acids is 4. The van der Waals surface area contributed by atoms with Crippen LogP contribution in [0.4, 0.5) is 0 Å². The number of carbonyl (C=O) groups is 4. The third-order valence-electron chi connectivity index (χ3n) is 3.88. The van der Waals surface area contributed by atoms with E-state index in [0.29, 0.717) is 10.0 Å². The van der Waals surface area contributed by atoms with E-state index in [-0.39, 0.29) is 43.7 Å². The first-order valence-electron chi connectivity index (χ1n) is 8.01. The second kappa shape index (κ2) is 9.00. The summed E-state index contributed by atoms with van der Waals surface area (Å²) in [5, 5.41) is 3.47. The maximum Gasteiger partial charge on any atom is 0.308 e. The smallest absolute Gasteiger partial charge is 0.308 e. The standard InChI is InChI=1S/C17H18Cl2N2O5/c1-10(11-2-3-12(18)13(19)8-11)20-14(22)9-26-17(25)6-7-21-15(23)4-5-16(21)24/h2-3,8,10H,4-7,9H2,1H3,(H,20,22). The van der Waals surface area contributed by atoms with Gasteiger partial charge in [0.15, 0.2) is 6.61 Å². The lowest BCUT2D eigenvalue weighted by atomic mass is 10.1. The lowest BCUT2D eigenvalue weighted by Gasteiger charge is -2.15. The molecule has 1 aromatic rings. The third-order valence-corrected chi connectivity index (χ3v) is 4.62. The predicted octanol–water partition coefficient (Wildman–Crippen LogP) is 2.25. The van der Waals surface area contributed by atoms with Gasteiger partial charge in [0.25, 0.3) is 5.91 Å². The summed E-state index contributed by atoms with van der Waals surface area (Å²) in [7, 11) is 0. The molecule has 140 valence electrons. The van der Waals surface area contributed by atoms with Crippen molar-refractivity contribution in [1.29, 1.82) is 0 Å². The highest BCUT2D eigenvalue weighted by Crippen LogP contribution is 2.25. The molecule has 1 N–H and O–H groups in total. The van der Waals surface area contributed by atoms with E-state index in [1.165, 1.54) is 0 Å². The number of hydrogen-bond acceptors (Lipinski definition) is 5. The van der Waals surface area contributed by atoms with Gasteiger partial charge in [-0.05, 0) is 24.6 Å². The average molecular weight is 401 g/mol. The Bertz CT molecular complexity index is 722. The SMILES string of the molecule is CC(NC(=O)COC(=O)CCN1C(=O)CCC1=O)c1ccc(Cl)c(Cl)c1. The fourth-order valence-electron chi connectivity index (χ4n) is 2.44. The molecule has 0 radical (unpaired) electrons. The number of esters is 1. The van der Waals surface area contributed by atoms with Crippen molar-refractivity contribution in [2.24, 2.45) is 0 Å².